The maximum atomic E-state index is 11.4. The molecule has 21 heavy (non-hydrogen) atoms. The van der Waals surface area contributed by atoms with Crippen LogP contribution in [0.4, 0.5) is 0 Å². The van der Waals surface area contributed by atoms with Gasteiger partial charge in [0.15, 0.2) is 0 Å². The monoisotopic (exact) mass is 286 g/mol. The number of amides is 1. The number of carbonyl (C=O) groups is 1. The Hall–Kier alpha value is -1.97. The van der Waals surface area contributed by atoms with Gasteiger partial charge in [-0.2, -0.15) is 0 Å². The molecule has 0 saturated heterocycles. The number of hydrogen-bond acceptors (Lipinski definition) is 2. The van der Waals surface area contributed by atoms with Crippen molar-refractivity contribution in [1.29, 1.82) is 0 Å². The molecule has 1 aliphatic rings. The number of fused-ring (bicyclic) bond motifs is 1. The number of benzene rings is 1. The number of rotatable bonds is 3. The lowest BCUT2D eigenvalue weighted by atomic mass is 9.95. The van der Waals surface area contributed by atoms with Gasteiger partial charge in [-0.1, -0.05) is 19.3 Å². The van der Waals surface area contributed by atoms with Crippen LogP contribution in [0.2, 0.25) is 0 Å². The van der Waals surface area contributed by atoms with E-state index in [9.17, 15) is 9.90 Å². The predicted octanol–water partition coefficient (Wildman–Crippen LogP) is 3.19. The quantitative estimate of drug-likeness (QED) is 0.909. The largest absolute Gasteiger partial charge is 0.508 e. The van der Waals surface area contributed by atoms with Gasteiger partial charge in [-0.05, 0) is 43.5 Å². The lowest BCUT2D eigenvalue weighted by molar-refractivity contribution is -0.117. The van der Waals surface area contributed by atoms with E-state index in [1.54, 1.807) is 12.1 Å². The molecule has 1 amide bonds. The van der Waals surface area contributed by atoms with Crippen LogP contribution in [0.3, 0.4) is 0 Å². The number of carbonyl (C=O) groups excluding carboxylic acids is 1. The van der Waals surface area contributed by atoms with E-state index < -0.39 is 0 Å². The average Bonchev–Trinajstić information content (AvgIpc) is 2.72. The van der Waals surface area contributed by atoms with Crippen LogP contribution >= 0.6 is 0 Å². The summed E-state index contributed by atoms with van der Waals surface area (Å²) in [4.78, 5) is 11.4. The minimum absolute atomic E-state index is 0.228. The van der Waals surface area contributed by atoms with Crippen LogP contribution in [0.15, 0.2) is 18.2 Å². The highest BCUT2D eigenvalue weighted by atomic mass is 16.3. The summed E-state index contributed by atoms with van der Waals surface area (Å²) in [5.74, 6) is -0.0989. The highest BCUT2D eigenvalue weighted by Crippen LogP contribution is 2.37. The molecular weight excluding hydrogens is 264 g/mol. The number of nitrogens with zero attached hydrogens (tertiary/aromatic N) is 1. The molecule has 3 N–H and O–H groups in total. The van der Waals surface area contributed by atoms with Crippen LogP contribution in [0.5, 0.6) is 5.75 Å². The predicted molar refractivity (Wildman–Crippen MR) is 83.4 cm³/mol. The van der Waals surface area contributed by atoms with Gasteiger partial charge >= 0.3 is 0 Å². The van der Waals surface area contributed by atoms with Crippen LogP contribution in [-0.4, -0.2) is 15.6 Å². The van der Waals surface area contributed by atoms with Gasteiger partial charge in [0.2, 0.25) is 5.91 Å². The second kappa shape index (κ2) is 5.43. The molecular formula is C17H22N2O2. The highest BCUT2D eigenvalue weighted by Gasteiger charge is 2.23. The summed E-state index contributed by atoms with van der Waals surface area (Å²) in [5, 5.41) is 10.7. The normalized spacial score (nSPS) is 16.4. The van der Waals surface area contributed by atoms with Crippen LogP contribution < -0.4 is 5.73 Å². The van der Waals surface area contributed by atoms with Crippen molar-refractivity contribution in [2.75, 3.05) is 0 Å². The number of primary amides is 1. The maximum Gasteiger partial charge on any atom is 0.221 e. The van der Waals surface area contributed by atoms with Gasteiger partial charge < -0.3 is 15.4 Å². The first kappa shape index (κ1) is 14.0. The lowest BCUT2D eigenvalue weighted by Crippen LogP contribution is -2.16. The van der Waals surface area contributed by atoms with Gasteiger partial charge in [-0.15, -0.1) is 0 Å². The Morgan fingerprint density at radius 3 is 2.71 bits per heavy atom. The summed E-state index contributed by atoms with van der Waals surface area (Å²) in [6.45, 7) is 2.06. The van der Waals surface area contributed by atoms with Crippen molar-refractivity contribution in [3.05, 3.63) is 29.5 Å². The Morgan fingerprint density at radius 2 is 2.05 bits per heavy atom. The SMILES string of the molecule is Cc1c(CC(N)=O)c2cc(O)ccc2n1C1CCCCC1. The Kier molecular flexibility index (Phi) is 3.62. The minimum Gasteiger partial charge on any atom is -0.508 e. The molecule has 112 valence electrons. The second-order valence-corrected chi connectivity index (χ2v) is 6.07. The molecule has 0 unspecified atom stereocenters. The lowest BCUT2D eigenvalue weighted by Gasteiger charge is -2.26. The number of phenols is 1. The van der Waals surface area contributed by atoms with Crippen LogP contribution in [0.25, 0.3) is 10.9 Å². The molecule has 0 spiro atoms. The number of aromatic hydroxyl groups is 1. The van der Waals surface area contributed by atoms with Crippen molar-refractivity contribution in [2.24, 2.45) is 5.73 Å². The molecule has 0 bridgehead atoms. The van der Waals surface area contributed by atoms with Crippen molar-refractivity contribution in [2.45, 2.75) is 51.5 Å². The van der Waals surface area contributed by atoms with E-state index in [0.29, 0.717) is 6.04 Å². The summed E-state index contributed by atoms with van der Waals surface area (Å²) >= 11 is 0. The molecule has 1 saturated carbocycles. The molecule has 2 aromatic rings. The zero-order valence-corrected chi connectivity index (χ0v) is 12.4. The van der Waals surface area contributed by atoms with Gasteiger partial charge in [-0.3, -0.25) is 4.79 Å². The molecule has 4 nitrogen and oxygen atoms in total. The molecule has 0 atom stereocenters. The Balaban J connectivity index is 2.18. The zero-order valence-electron chi connectivity index (χ0n) is 12.4. The van der Waals surface area contributed by atoms with E-state index in [4.69, 9.17) is 5.73 Å². The van der Waals surface area contributed by atoms with Crippen molar-refractivity contribution in [3.8, 4) is 5.75 Å². The fraction of sp³-hybridized carbons (Fsp3) is 0.471. The highest BCUT2D eigenvalue weighted by molar-refractivity contribution is 5.91. The number of aromatic nitrogens is 1. The Morgan fingerprint density at radius 1 is 1.33 bits per heavy atom. The fourth-order valence-corrected chi connectivity index (χ4v) is 3.70. The molecule has 3 rings (SSSR count). The number of phenolic OH excluding ortho intramolecular Hbond substituents is 1. The molecule has 1 aliphatic carbocycles. The van der Waals surface area contributed by atoms with Crippen LogP contribution in [-0.2, 0) is 11.2 Å². The first-order valence-electron chi connectivity index (χ1n) is 7.68. The van der Waals surface area contributed by atoms with Gasteiger partial charge in [0.05, 0.1) is 6.42 Å². The van der Waals surface area contributed by atoms with E-state index in [0.717, 1.165) is 22.2 Å². The van der Waals surface area contributed by atoms with Gasteiger partial charge in [-0.25, -0.2) is 0 Å². The third-order valence-electron chi connectivity index (χ3n) is 4.65. The van der Waals surface area contributed by atoms with E-state index in [1.807, 2.05) is 6.07 Å². The van der Waals surface area contributed by atoms with Crippen molar-refractivity contribution < 1.29 is 9.90 Å². The first-order chi connectivity index (χ1) is 10.1. The summed E-state index contributed by atoms with van der Waals surface area (Å²) in [5.41, 5.74) is 8.57. The van der Waals surface area contributed by atoms with Crippen LogP contribution in [0, 0.1) is 6.92 Å². The zero-order chi connectivity index (χ0) is 15.0. The molecule has 1 aromatic carbocycles. The average molecular weight is 286 g/mol. The Bertz CT molecular complexity index is 682. The first-order valence-corrected chi connectivity index (χ1v) is 7.68. The van der Waals surface area contributed by atoms with Crippen molar-refractivity contribution >= 4 is 16.8 Å². The van der Waals surface area contributed by atoms with Crippen molar-refractivity contribution in [3.63, 3.8) is 0 Å². The summed E-state index contributed by atoms with van der Waals surface area (Å²) in [7, 11) is 0. The summed E-state index contributed by atoms with van der Waals surface area (Å²) < 4.78 is 2.35. The van der Waals surface area contributed by atoms with E-state index in [-0.39, 0.29) is 18.1 Å². The molecule has 1 fully saturated rings. The fourth-order valence-electron chi connectivity index (χ4n) is 3.70. The second-order valence-electron chi connectivity index (χ2n) is 6.07. The third-order valence-corrected chi connectivity index (χ3v) is 4.65. The smallest absolute Gasteiger partial charge is 0.221 e. The topological polar surface area (TPSA) is 68.2 Å². The number of nitrogens with two attached hydrogens (primary N) is 1. The maximum absolute atomic E-state index is 11.4. The van der Waals surface area contributed by atoms with Gasteiger partial charge in [0.25, 0.3) is 0 Å². The van der Waals surface area contributed by atoms with Crippen LogP contribution in [0.1, 0.15) is 49.4 Å². The van der Waals surface area contributed by atoms with E-state index in [2.05, 4.69) is 11.5 Å². The van der Waals surface area contributed by atoms with Gasteiger partial charge in [0, 0.05) is 22.6 Å². The molecule has 0 aliphatic heterocycles. The standard InChI is InChI=1S/C17H22N2O2/c1-11-14(10-17(18)21)15-9-13(20)7-8-16(15)19(11)12-5-3-2-4-6-12/h7-9,12,20H,2-6,10H2,1H3,(H2,18,21). The third kappa shape index (κ3) is 2.50. The van der Waals surface area contributed by atoms with Gasteiger partial charge in [0.1, 0.15) is 5.75 Å². The molecule has 0 radical (unpaired) electrons. The Labute approximate surface area is 124 Å². The molecule has 1 heterocycles. The number of hydrogen-bond donors (Lipinski definition) is 2. The van der Waals surface area contributed by atoms with Crippen molar-refractivity contribution in [1.82, 2.24) is 4.57 Å². The van der Waals surface area contributed by atoms with E-state index >= 15 is 0 Å². The minimum atomic E-state index is -0.330. The summed E-state index contributed by atoms with van der Waals surface area (Å²) in [6, 6.07) is 5.92. The molecule has 1 aromatic heterocycles. The summed E-state index contributed by atoms with van der Waals surface area (Å²) in [6.07, 6.45) is 6.41. The molecule has 4 heteroatoms. The van der Waals surface area contributed by atoms with E-state index in [1.165, 1.54) is 32.1 Å².